The summed E-state index contributed by atoms with van der Waals surface area (Å²) in [6, 6.07) is 3.43. The van der Waals surface area contributed by atoms with Gasteiger partial charge in [0.2, 0.25) is 0 Å². The van der Waals surface area contributed by atoms with E-state index >= 15 is 0 Å². The Balaban J connectivity index is 2.34. The number of thiophene rings is 1. The second-order valence-corrected chi connectivity index (χ2v) is 5.45. The lowest BCUT2D eigenvalue weighted by molar-refractivity contribution is -0.386. The first-order chi connectivity index (χ1) is 8.99. The van der Waals surface area contributed by atoms with Gasteiger partial charge in [0.05, 0.1) is 27.0 Å². The number of nitrogens with zero attached hydrogens (tertiary/aromatic N) is 2. The van der Waals surface area contributed by atoms with E-state index in [9.17, 15) is 19.7 Å². The largest absolute Gasteiger partial charge is 0.339 e. The first-order valence-corrected chi connectivity index (χ1v) is 6.77. The number of hydrogen-bond acceptors (Lipinski definition) is 5. The van der Waals surface area contributed by atoms with E-state index in [0.29, 0.717) is 4.88 Å². The number of nitro groups is 1. The molecule has 98 valence electrons. The molecule has 0 aliphatic rings. The van der Waals surface area contributed by atoms with E-state index in [-0.39, 0.29) is 16.8 Å². The summed E-state index contributed by atoms with van der Waals surface area (Å²) in [5.41, 5.74) is -1.27. The van der Waals surface area contributed by atoms with Crippen molar-refractivity contribution in [2.75, 3.05) is 0 Å². The molecule has 2 heterocycles. The van der Waals surface area contributed by atoms with Crippen molar-refractivity contribution >= 4 is 38.7 Å². The lowest BCUT2D eigenvalue weighted by Gasteiger charge is -2.05. The molecule has 0 bridgehead atoms. The third-order valence-corrected chi connectivity index (χ3v) is 3.81. The summed E-state index contributed by atoms with van der Waals surface area (Å²) in [5, 5.41) is 12.5. The van der Waals surface area contributed by atoms with E-state index in [1.54, 1.807) is 17.5 Å². The van der Waals surface area contributed by atoms with Crippen LogP contribution in [0.4, 0.5) is 5.69 Å². The van der Waals surface area contributed by atoms with E-state index in [1.807, 2.05) is 0 Å². The summed E-state index contributed by atoms with van der Waals surface area (Å²) in [7, 11) is 0. The molecule has 8 heteroatoms. The van der Waals surface area contributed by atoms with Gasteiger partial charge in [0.1, 0.15) is 0 Å². The fourth-order valence-corrected chi connectivity index (χ4v) is 2.60. The summed E-state index contributed by atoms with van der Waals surface area (Å²) in [5.74, 6) is -0.167. The number of rotatable bonds is 4. The molecule has 0 unspecified atom stereocenters. The summed E-state index contributed by atoms with van der Waals surface area (Å²) >= 11 is 4.26. The van der Waals surface area contributed by atoms with Gasteiger partial charge in [0, 0.05) is 6.20 Å². The Hall–Kier alpha value is -1.80. The quantitative estimate of drug-likeness (QED) is 0.485. The van der Waals surface area contributed by atoms with Crippen molar-refractivity contribution in [2.45, 2.75) is 6.54 Å². The van der Waals surface area contributed by atoms with Gasteiger partial charge < -0.3 is 4.57 Å². The molecule has 0 amide bonds. The van der Waals surface area contributed by atoms with Crippen LogP contribution in [0.5, 0.6) is 0 Å². The minimum atomic E-state index is -0.765. The predicted octanol–water partition coefficient (Wildman–Crippen LogP) is 2.46. The number of pyridine rings is 1. The second-order valence-electron chi connectivity index (χ2n) is 3.65. The third kappa shape index (κ3) is 2.96. The highest BCUT2D eigenvalue weighted by atomic mass is 79.9. The minimum absolute atomic E-state index is 0.0553. The molecular weight excluding hydrogens is 336 g/mol. The smallest absolute Gasteiger partial charge is 0.333 e. The zero-order chi connectivity index (χ0) is 14.0. The van der Waals surface area contributed by atoms with Crippen LogP contribution in [0.15, 0.2) is 39.2 Å². The van der Waals surface area contributed by atoms with E-state index in [4.69, 9.17) is 0 Å². The number of aromatic nitrogens is 1. The highest BCUT2D eigenvalue weighted by molar-refractivity contribution is 9.10. The molecule has 6 nitrogen and oxygen atoms in total. The first kappa shape index (κ1) is 13.6. The van der Waals surface area contributed by atoms with Gasteiger partial charge in [-0.05, 0) is 27.4 Å². The molecule has 2 aromatic heterocycles. The maximum Gasteiger partial charge on any atom is 0.333 e. The van der Waals surface area contributed by atoms with Crippen molar-refractivity contribution in [1.82, 2.24) is 4.57 Å². The van der Waals surface area contributed by atoms with Gasteiger partial charge in [-0.15, -0.1) is 11.3 Å². The van der Waals surface area contributed by atoms with Gasteiger partial charge in [-0.3, -0.25) is 19.7 Å². The van der Waals surface area contributed by atoms with Crippen molar-refractivity contribution < 1.29 is 9.72 Å². The molecule has 0 atom stereocenters. The van der Waals surface area contributed by atoms with Crippen LogP contribution in [0, 0.1) is 10.1 Å². The van der Waals surface area contributed by atoms with Crippen molar-refractivity contribution in [2.24, 2.45) is 0 Å². The van der Waals surface area contributed by atoms with Gasteiger partial charge in [0.15, 0.2) is 5.78 Å². The van der Waals surface area contributed by atoms with E-state index < -0.39 is 16.0 Å². The number of carbonyl (C=O) groups is 1. The highest BCUT2D eigenvalue weighted by Gasteiger charge is 2.17. The molecule has 2 rings (SSSR count). The van der Waals surface area contributed by atoms with Gasteiger partial charge in [-0.1, -0.05) is 6.07 Å². The number of hydrogen-bond donors (Lipinski definition) is 0. The molecular formula is C11H7BrN2O4S. The summed E-state index contributed by atoms with van der Waals surface area (Å²) in [4.78, 5) is 33.9. The Morgan fingerprint density at radius 3 is 2.79 bits per heavy atom. The zero-order valence-electron chi connectivity index (χ0n) is 9.41. The number of ketones is 1. The van der Waals surface area contributed by atoms with Crippen molar-refractivity contribution in [3.8, 4) is 0 Å². The van der Waals surface area contributed by atoms with Crippen LogP contribution < -0.4 is 5.43 Å². The summed E-state index contributed by atoms with van der Waals surface area (Å²) < 4.78 is 1.38. The Morgan fingerprint density at radius 1 is 1.47 bits per heavy atom. The molecule has 0 saturated heterocycles. The average molecular weight is 343 g/mol. The Bertz CT molecular complexity index is 693. The van der Waals surface area contributed by atoms with Crippen LogP contribution in [0.2, 0.25) is 0 Å². The SMILES string of the molecule is O=C(Cn1cc(Br)c(=O)c([N+](=O)[O-])c1)c1cccs1. The van der Waals surface area contributed by atoms with Gasteiger partial charge in [-0.25, -0.2) is 0 Å². The molecule has 0 aliphatic heterocycles. The zero-order valence-corrected chi connectivity index (χ0v) is 11.8. The molecule has 0 aliphatic carbocycles. The third-order valence-electron chi connectivity index (χ3n) is 2.34. The van der Waals surface area contributed by atoms with Gasteiger partial charge in [0.25, 0.3) is 5.43 Å². The Kier molecular flexibility index (Phi) is 3.91. The van der Waals surface area contributed by atoms with Crippen LogP contribution in [0.3, 0.4) is 0 Å². The van der Waals surface area contributed by atoms with E-state index in [0.717, 1.165) is 6.20 Å². The van der Waals surface area contributed by atoms with Crippen LogP contribution in [-0.4, -0.2) is 15.3 Å². The van der Waals surface area contributed by atoms with Crippen molar-refractivity contribution in [3.05, 3.63) is 59.6 Å². The summed E-state index contributed by atoms with van der Waals surface area (Å²) in [6.07, 6.45) is 2.43. The van der Waals surface area contributed by atoms with Gasteiger partial charge >= 0.3 is 5.69 Å². The van der Waals surface area contributed by atoms with Crippen LogP contribution in [0.1, 0.15) is 9.67 Å². The second kappa shape index (κ2) is 5.45. The molecule has 0 saturated carbocycles. The average Bonchev–Trinajstić information content (AvgIpc) is 2.86. The van der Waals surface area contributed by atoms with Crippen LogP contribution in [-0.2, 0) is 6.54 Å². The maximum absolute atomic E-state index is 11.9. The minimum Gasteiger partial charge on any atom is -0.339 e. The topological polar surface area (TPSA) is 82.2 Å². The molecule has 0 aromatic carbocycles. The molecule has 0 radical (unpaired) electrons. The number of halogens is 1. The Labute approximate surface area is 119 Å². The molecule has 2 aromatic rings. The predicted molar refractivity (Wildman–Crippen MR) is 73.7 cm³/mol. The first-order valence-electron chi connectivity index (χ1n) is 5.09. The maximum atomic E-state index is 11.9. The molecule has 0 fully saturated rings. The van der Waals surface area contributed by atoms with Crippen LogP contribution in [0.25, 0.3) is 0 Å². The number of Topliss-reactive ketones (excluding diaryl/α,β-unsaturated/α-hetero) is 1. The van der Waals surface area contributed by atoms with Gasteiger partial charge in [-0.2, -0.15) is 0 Å². The van der Waals surface area contributed by atoms with Crippen molar-refractivity contribution in [1.29, 1.82) is 0 Å². The summed E-state index contributed by atoms with van der Waals surface area (Å²) in [6.45, 7) is -0.0553. The lowest BCUT2D eigenvalue weighted by Crippen LogP contribution is -2.16. The molecule has 19 heavy (non-hydrogen) atoms. The fraction of sp³-hybridized carbons (Fsp3) is 0.0909. The molecule has 0 N–H and O–H groups in total. The fourth-order valence-electron chi connectivity index (χ4n) is 1.48. The lowest BCUT2D eigenvalue weighted by atomic mass is 10.3. The normalized spacial score (nSPS) is 10.4. The van der Waals surface area contributed by atoms with Crippen molar-refractivity contribution in [3.63, 3.8) is 0 Å². The Morgan fingerprint density at radius 2 is 2.21 bits per heavy atom. The van der Waals surface area contributed by atoms with Crippen LogP contribution >= 0.6 is 27.3 Å². The monoisotopic (exact) mass is 342 g/mol. The van der Waals surface area contributed by atoms with E-state index in [1.165, 1.54) is 22.1 Å². The highest BCUT2D eigenvalue weighted by Crippen LogP contribution is 2.14. The van der Waals surface area contributed by atoms with E-state index in [2.05, 4.69) is 15.9 Å². The standard InChI is InChI=1S/C11H7BrN2O4S/c12-7-4-13(5-8(11(7)16)14(17)18)6-9(15)10-2-1-3-19-10/h1-5H,6H2. The molecule has 0 spiro atoms. The number of carbonyl (C=O) groups excluding carboxylic acids is 1.